The molecule has 0 aromatic carbocycles. The number of hydroxylamine groups is 15. The zero-order chi connectivity index (χ0) is 53.3. The van der Waals surface area contributed by atoms with E-state index in [1.807, 2.05) is 0 Å². The van der Waals surface area contributed by atoms with Crippen molar-refractivity contribution in [3.63, 3.8) is 0 Å². The molecule has 5 atom stereocenters. The van der Waals surface area contributed by atoms with Crippen LogP contribution in [0.1, 0.15) is 136 Å². The Labute approximate surface area is 466 Å². The monoisotopic (exact) mass is 1510 g/mol. The van der Waals surface area contributed by atoms with Crippen LogP contribution in [0.2, 0.25) is 0 Å². The highest BCUT2D eigenvalue weighted by atomic mass is 127. The predicted molar refractivity (Wildman–Crippen MR) is 298 cm³/mol. The van der Waals surface area contributed by atoms with Gasteiger partial charge in [0.15, 0.2) is 20.6 Å². The topological polar surface area (TPSA) is 196 Å². The maximum absolute atomic E-state index is 8.93. The first-order valence-corrected chi connectivity index (χ1v) is 29.2. The molecule has 5 unspecified atom stereocenters. The van der Waals surface area contributed by atoms with E-state index in [4.69, 9.17) is 59.1 Å². The number of quaternary nitrogens is 5. The third-order valence-electron chi connectivity index (χ3n) is 10.3. The zero-order valence-corrected chi connectivity index (χ0v) is 54.9. The van der Waals surface area contributed by atoms with Gasteiger partial charge in [0.05, 0.1) is 47.2 Å². The van der Waals surface area contributed by atoms with E-state index < -0.39 is 19.3 Å². The Kier molecular flexibility index (Phi) is 60.5. The molecule has 0 saturated heterocycles. The average molecular weight is 1510 g/mol. The minimum absolute atomic E-state index is 0.345. The fourth-order valence-electron chi connectivity index (χ4n) is 3.62. The Balaban J connectivity index is -0.000000123. The molecule has 398 valence electrons. The Morgan fingerprint density at radius 1 is 0.354 bits per heavy atom. The number of carboxylic acids is 2. The van der Waals surface area contributed by atoms with Gasteiger partial charge < -0.3 is 34.9 Å². The fourth-order valence-corrected chi connectivity index (χ4v) is 6.36. The Hall–Kier alpha value is 2.13. The van der Waals surface area contributed by atoms with Crippen molar-refractivity contribution < 1.29 is 82.3 Å². The summed E-state index contributed by atoms with van der Waals surface area (Å²) in [6, 6.07) is 0. The van der Waals surface area contributed by atoms with Crippen LogP contribution in [-0.2, 0) is 33.8 Å². The van der Waals surface area contributed by atoms with Gasteiger partial charge in [-0.1, -0.05) is 34.6 Å². The molecule has 0 aliphatic rings. The highest BCUT2D eigenvalue weighted by molar-refractivity contribution is 14.1. The maximum atomic E-state index is 8.93. The van der Waals surface area contributed by atoms with E-state index in [0.29, 0.717) is 20.6 Å². The Morgan fingerprint density at radius 3 is 0.492 bits per heavy atom. The minimum Gasteiger partial charge on any atom is -0.907 e. The van der Waals surface area contributed by atoms with Gasteiger partial charge in [0.1, 0.15) is 65.4 Å². The van der Waals surface area contributed by atoms with E-state index >= 15 is 0 Å². The Morgan fingerprint density at radius 2 is 0.446 bits per heavy atom. The van der Waals surface area contributed by atoms with Crippen LogP contribution in [0.3, 0.4) is 0 Å². The fraction of sp³-hybridized carbons (Fsp3) is 0.952. The lowest BCUT2D eigenvalue weighted by Gasteiger charge is -2.35. The van der Waals surface area contributed by atoms with E-state index in [0.717, 1.165) is 121 Å². The normalized spacial score (nSPS) is 13.8. The first kappa shape index (κ1) is 81.2. The average Bonchev–Trinajstić information content (AvgIpc) is 3.29. The molecule has 0 heterocycles. The summed E-state index contributed by atoms with van der Waals surface area (Å²) in [4.78, 5) is 46.9. The van der Waals surface area contributed by atoms with Crippen LogP contribution in [0.4, 0.5) is 0 Å². The standard InChI is InChI=1S/5C8H19INO.C2H2O4.BO3/c5*1-5-8(9)11-10(4,6-2)7-3;3-1(4)2(5)6;2-1(3)4/h5*8H,5-7H2,1-4H3;(H,3,4)(H,5,6);/q5*+1;;-3/p-2. The van der Waals surface area contributed by atoms with E-state index in [9.17, 15) is 0 Å². The van der Waals surface area contributed by atoms with Crippen molar-refractivity contribution in [2.75, 3.05) is 101 Å². The van der Waals surface area contributed by atoms with Crippen molar-refractivity contribution in [1.82, 2.24) is 0 Å². The molecule has 0 rings (SSSR count). The smallest absolute Gasteiger partial charge is 0.167 e. The van der Waals surface area contributed by atoms with Crippen molar-refractivity contribution >= 4 is 132 Å². The molecule has 0 saturated carbocycles. The summed E-state index contributed by atoms with van der Waals surface area (Å²) >= 11 is 11.7. The zero-order valence-electron chi connectivity index (χ0n) is 44.1. The molecule has 0 amide bonds. The van der Waals surface area contributed by atoms with Crippen molar-refractivity contribution in [3.05, 3.63) is 0 Å². The van der Waals surface area contributed by atoms with Crippen molar-refractivity contribution in [2.24, 2.45) is 0 Å². The number of carboxylic acid groups (broad SMARTS) is 2. The predicted octanol–water partition coefficient (Wildman–Crippen LogP) is 5.42. The molecule has 0 radical (unpaired) electrons. The van der Waals surface area contributed by atoms with Crippen LogP contribution in [0.5, 0.6) is 0 Å². The van der Waals surface area contributed by atoms with E-state index in [-0.39, 0.29) is 0 Å². The van der Waals surface area contributed by atoms with Gasteiger partial charge in [0.2, 0.25) is 0 Å². The second-order valence-corrected chi connectivity index (χ2v) is 22.1. The summed E-state index contributed by atoms with van der Waals surface area (Å²) in [7, 11) is 7.71. The lowest BCUT2D eigenvalue weighted by Crippen LogP contribution is -2.56. The highest BCUT2D eigenvalue weighted by Crippen LogP contribution is 2.18. The van der Waals surface area contributed by atoms with E-state index in [2.05, 4.69) is 252 Å². The quantitative estimate of drug-likeness (QED) is 0.0282. The SMILES string of the molecule is CCC(I)O[N+](C)(CC)CC.CCC(I)O[N+](C)(CC)CC.CCC(I)O[N+](C)(CC)CC.CCC(I)O[N+](C)(CC)CC.CCC(I)O[N+](C)(CC)CC.O=C([O-])C(=O)[O-].[O-]B([O-])[O-]. The van der Waals surface area contributed by atoms with Crippen LogP contribution in [0.25, 0.3) is 0 Å². The van der Waals surface area contributed by atoms with Crippen molar-refractivity contribution in [1.29, 1.82) is 0 Å². The molecule has 0 aromatic rings. The van der Waals surface area contributed by atoms with Crippen LogP contribution < -0.4 is 25.3 Å². The molecule has 65 heavy (non-hydrogen) atoms. The highest BCUT2D eigenvalue weighted by Gasteiger charge is 2.25. The minimum atomic E-state index is -2.92. The number of carbonyl (C=O) groups excluding carboxylic acids is 2. The van der Waals surface area contributed by atoms with Gasteiger partial charge in [-0.2, -0.15) is 47.4 Å². The summed E-state index contributed by atoms with van der Waals surface area (Å²) in [5.74, 6) is -4.37. The van der Waals surface area contributed by atoms with E-state index in [1.165, 1.54) is 0 Å². The number of alkyl halides is 5. The molecule has 23 heteroatoms. The van der Waals surface area contributed by atoms with Gasteiger partial charge in [0.25, 0.3) is 0 Å². The van der Waals surface area contributed by atoms with Gasteiger partial charge in [-0.15, -0.1) is 0 Å². The first-order valence-electron chi connectivity index (χ1n) is 23.0. The Bertz CT molecular complexity index is 905. The molecule has 0 fully saturated rings. The summed E-state index contributed by atoms with van der Waals surface area (Å²) in [6.45, 7) is 42.7. The number of hydrogen-bond acceptors (Lipinski definition) is 12. The number of halogens is 5. The lowest BCUT2D eigenvalue weighted by atomic mass is 10.3. The second-order valence-electron chi connectivity index (χ2n) is 15.1. The van der Waals surface area contributed by atoms with Crippen LogP contribution in [0.15, 0.2) is 0 Å². The van der Waals surface area contributed by atoms with Crippen molar-refractivity contribution in [2.45, 2.75) is 157 Å². The molecule has 0 spiro atoms. The maximum Gasteiger partial charge on any atom is 0.167 e. The molecule has 0 aromatic heterocycles. The molecule has 0 bridgehead atoms. The summed E-state index contributed by atoms with van der Waals surface area (Å²) in [5, 5.41) is 43.1. The molecular formula is C42H95BI5N5O12. The number of aliphatic carboxylic acids is 2. The van der Waals surface area contributed by atoms with Gasteiger partial charge in [-0.25, -0.2) is 0 Å². The number of carbonyl (C=O) groups is 2. The lowest BCUT2D eigenvalue weighted by molar-refractivity contribution is -1.09. The van der Waals surface area contributed by atoms with Gasteiger partial charge in [0, 0.05) is 0 Å². The first-order chi connectivity index (χ1) is 29.8. The number of rotatable bonds is 25. The summed E-state index contributed by atoms with van der Waals surface area (Å²) in [6.07, 6.45) is 5.39. The van der Waals surface area contributed by atoms with Gasteiger partial charge in [-0.05, 0) is 214 Å². The summed E-state index contributed by atoms with van der Waals surface area (Å²) in [5.41, 5.74) is 0. The van der Waals surface area contributed by atoms with E-state index in [1.54, 1.807) is 0 Å². The van der Waals surface area contributed by atoms with Gasteiger partial charge in [-0.3, -0.25) is 7.32 Å². The van der Waals surface area contributed by atoms with Crippen LogP contribution >= 0.6 is 113 Å². The largest absolute Gasteiger partial charge is 0.907 e. The summed E-state index contributed by atoms with van der Waals surface area (Å²) < 4.78 is 5.34. The van der Waals surface area contributed by atoms with Crippen molar-refractivity contribution in [3.8, 4) is 0 Å². The molecular weight excluding hydrogens is 1410 g/mol. The molecule has 0 aliphatic heterocycles. The van der Waals surface area contributed by atoms with Crippen LogP contribution in [-0.4, -0.2) is 164 Å². The third kappa shape index (κ3) is 53.8. The van der Waals surface area contributed by atoms with Crippen LogP contribution in [0, 0.1) is 0 Å². The number of nitrogens with zero attached hydrogens (tertiary/aromatic N) is 5. The van der Waals surface area contributed by atoms with Gasteiger partial charge >= 0.3 is 0 Å². The molecule has 17 nitrogen and oxygen atoms in total. The third-order valence-corrected chi connectivity index (χ3v) is 15.8. The second kappa shape index (κ2) is 48.4. The molecule has 0 aliphatic carbocycles. The number of hydrogen-bond donors (Lipinski definition) is 0. The molecule has 0 N–H and O–H groups in total.